The second kappa shape index (κ2) is 12.8. The molecule has 0 aliphatic rings. The van der Waals surface area contributed by atoms with Gasteiger partial charge < -0.3 is 0 Å². The molecule has 0 fully saturated rings. The zero-order valence-electron chi connectivity index (χ0n) is 29.6. The largest absolute Gasteiger partial charge is 0.208 e. The van der Waals surface area contributed by atoms with Crippen LogP contribution in [0.1, 0.15) is 0 Å². The molecule has 0 atom stereocenters. The maximum atomic E-state index is 5.14. The smallest absolute Gasteiger partial charge is 0.164 e. The van der Waals surface area contributed by atoms with E-state index in [4.69, 9.17) is 15.0 Å². The lowest BCUT2D eigenvalue weighted by molar-refractivity contribution is 1.07. The first kappa shape index (κ1) is 31.5. The number of benzene rings is 9. The van der Waals surface area contributed by atoms with Crippen molar-refractivity contribution >= 4 is 63.8 Å². The summed E-state index contributed by atoms with van der Waals surface area (Å²) < 4.78 is 2.60. The molecule has 0 unspecified atom stereocenters. The average molecular weight is 718 g/mol. The molecular weight excluding hydrogens is 687 g/mol. The van der Waals surface area contributed by atoms with Crippen molar-refractivity contribution in [2.45, 2.75) is 0 Å². The van der Waals surface area contributed by atoms with Crippen LogP contribution in [0, 0.1) is 0 Å². The molecule has 0 aliphatic carbocycles. The quantitative estimate of drug-likeness (QED) is 0.166. The standard InChI is InChI=1S/C51H31N3S/c1-3-14-32(15-4-1)33-26-28-35(29-27-33)50-52-49(34-16-5-2-6-17-34)53-51(54-50)37-19-13-18-36(30-37)43-31-44-40-22-8-7-20-38(40)39-21-9-10-23-41(39)46(44)48-47(43)42-24-11-12-25-45(42)55-48/h1-31H. The van der Waals surface area contributed by atoms with Crippen LogP contribution in [0.3, 0.4) is 0 Å². The Morgan fingerprint density at radius 3 is 1.44 bits per heavy atom. The molecule has 0 amide bonds. The third kappa shape index (κ3) is 5.30. The van der Waals surface area contributed by atoms with E-state index in [0.717, 1.165) is 27.8 Å². The van der Waals surface area contributed by atoms with Crippen molar-refractivity contribution in [2.75, 3.05) is 0 Å². The first-order valence-electron chi connectivity index (χ1n) is 18.5. The summed E-state index contributed by atoms with van der Waals surface area (Å²) >= 11 is 1.89. The van der Waals surface area contributed by atoms with E-state index in [1.54, 1.807) is 0 Å². The Kier molecular flexibility index (Phi) is 7.35. The molecule has 0 aliphatic heterocycles. The number of hydrogen-bond donors (Lipinski definition) is 0. The second-order valence-electron chi connectivity index (χ2n) is 13.9. The molecule has 0 bridgehead atoms. The highest BCUT2D eigenvalue weighted by atomic mass is 32.1. The molecule has 0 saturated heterocycles. The van der Waals surface area contributed by atoms with Gasteiger partial charge in [-0.25, -0.2) is 15.0 Å². The van der Waals surface area contributed by atoms with Crippen LogP contribution in [-0.4, -0.2) is 15.0 Å². The first-order chi connectivity index (χ1) is 27.3. The van der Waals surface area contributed by atoms with Gasteiger partial charge in [0.25, 0.3) is 0 Å². The van der Waals surface area contributed by atoms with Crippen LogP contribution in [0.2, 0.25) is 0 Å². The predicted molar refractivity (Wildman–Crippen MR) is 232 cm³/mol. The van der Waals surface area contributed by atoms with Crippen molar-refractivity contribution in [3.63, 3.8) is 0 Å². The number of aromatic nitrogens is 3. The van der Waals surface area contributed by atoms with E-state index in [9.17, 15) is 0 Å². The SMILES string of the molecule is c1ccc(-c2ccc(-c3nc(-c4ccccc4)nc(-c4cccc(-c5cc6c7ccccc7c7ccccc7c6c6sc7ccccc7c56)c4)n3)cc2)cc1. The average Bonchev–Trinajstić information content (AvgIpc) is 3.66. The summed E-state index contributed by atoms with van der Waals surface area (Å²) in [5, 5.41) is 10.2. The Morgan fingerprint density at radius 2 is 0.745 bits per heavy atom. The summed E-state index contributed by atoms with van der Waals surface area (Å²) in [6.07, 6.45) is 0. The van der Waals surface area contributed by atoms with Crippen molar-refractivity contribution in [1.82, 2.24) is 15.0 Å². The van der Waals surface area contributed by atoms with Crippen molar-refractivity contribution in [2.24, 2.45) is 0 Å². The summed E-state index contributed by atoms with van der Waals surface area (Å²) in [5.74, 6) is 1.93. The van der Waals surface area contributed by atoms with Gasteiger partial charge in [0.2, 0.25) is 0 Å². The molecule has 256 valence electrons. The minimum absolute atomic E-state index is 0.640. The Morgan fingerprint density at radius 1 is 0.291 bits per heavy atom. The minimum atomic E-state index is 0.640. The molecule has 11 aromatic rings. The first-order valence-corrected chi connectivity index (χ1v) is 19.3. The monoisotopic (exact) mass is 717 g/mol. The Bertz CT molecular complexity index is 3240. The molecule has 11 rings (SSSR count). The molecule has 0 radical (unpaired) electrons. The predicted octanol–water partition coefficient (Wildman–Crippen LogP) is 14.0. The van der Waals surface area contributed by atoms with Crippen LogP contribution in [0.4, 0.5) is 0 Å². The van der Waals surface area contributed by atoms with Crippen LogP contribution in [0.15, 0.2) is 188 Å². The Labute approximate surface area is 321 Å². The van der Waals surface area contributed by atoms with Gasteiger partial charge in [0.15, 0.2) is 17.5 Å². The molecule has 55 heavy (non-hydrogen) atoms. The molecule has 4 heteroatoms. The summed E-state index contributed by atoms with van der Waals surface area (Å²) in [7, 11) is 0. The third-order valence-electron chi connectivity index (χ3n) is 10.7. The zero-order valence-corrected chi connectivity index (χ0v) is 30.5. The fourth-order valence-corrected chi connectivity index (χ4v) is 9.41. The van der Waals surface area contributed by atoms with Gasteiger partial charge in [-0.05, 0) is 67.4 Å². The van der Waals surface area contributed by atoms with Crippen LogP contribution in [-0.2, 0) is 0 Å². The van der Waals surface area contributed by atoms with Crippen molar-refractivity contribution < 1.29 is 0 Å². The Balaban J connectivity index is 1.13. The van der Waals surface area contributed by atoms with Gasteiger partial charge >= 0.3 is 0 Å². The summed E-state index contributed by atoms with van der Waals surface area (Å²) in [5.41, 5.74) is 7.49. The molecule has 2 heterocycles. The van der Waals surface area contributed by atoms with E-state index in [0.29, 0.717) is 17.5 Å². The molecule has 0 spiro atoms. The van der Waals surface area contributed by atoms with Crippen molar-refractivity contribution in [1.29, 1.82) is 0 Å². The molecule has 9 aromatic carbocycles. The van der Waals surface area contributed by atoms with Gasteiger partial charge in [0, 0.05) is 42.2 Å². The van der Waals surface area contributed by atoms with Crippen LogP contribution >= 0.6 is 11.3 Å². The van der Waals surface area contributed by atoms with E-state index in [-0.39, 0.29) is 0 Å². The number of rotatable bonds is 5. The third-order valence-corrected chi connectivity index (χ3v) is 11.9. The molecule has 0 saturated carbocycles. The number of nitrogens with zero attached hydrogens (tertiary/aromatic N) is 3. The maximum absolute atomic E-state index is 5.14. The summed E-state index contributed by atoms with van der Waals surface area (Å²) in [6, 6.07) is 66.7. The van der Waals surface area contributed by atoms with Gasteiger partial charge in [-0.2, -0.15) is 0 Å². The highest BCUT2D eigenvalue weighted by Gasteiger charge is 2.20. The van der Waals surface area contributed by atoms with E-state index in [1.807, 2.05) is 35.6 Å². The van der Waals surface area contributed by atoms with E-state index < -0.39 is 0 Å². The minimum Gasteiger partial charge on any atom is -0.208 e. The van der Waals surface area contributed by atoms with Gasteiger partial charge in [-0.15, -0.1) is 11.3 Å². The molecular formula is C51H31N3S. The highest BCUT2D eigenvalue weighted by Crippen LogP contribution is 2.48. The maximum Gasteiger partial charge on any atom is 0.164 e. The number of hydrogen-bond acceptors (Lipinski definition) is 4. The van der Waals surface area contributed by atoms with E-state index in [2.05, 4.69) is 164 Å². The van der Waals surface area contributed by atoms with Gasteiger partial charge in [0.1, 0.15) is 0 Å². The van der Waals surface area contributed by atoms with Crippen LogP contribution < -0.4 is 0 Å². The second-order valence-corrected chi connectivity index (χ2v) is 15.0. The van der Waals surface area contributed by atoms with Gasteiger partial charge in [-0.1, -0.05) is 170 Å². The molecule has 0 N–H and O–H groups in total. The lowest BCUT2D eigenvalue weighted by Crippen LogP contribution is -2.00. The Hall–Kier alpha value is -7.01. The topological polar surface area (TPSA) is 38.7 Å². The normalized spacial score (nSPS) is 11.6. The molecule has 2 aromatic heterocycles. The van der Waals surface area contributed by atoms with E-state index in [1.165, 1.54) is 63.6 Å². The van der Waals surface area contributed by atoms with Crippen molar-refractivity contribution in [3.05, 3.63) is 188 Å². The lowest BCUT2D eigenvalue weighted by atomic mass is 9.89. The number of thiophene rings is 1. The van der Waals surface area contributed by atoms with Gasteiger partial charge in [0.05, 0.1) is 0 Å². The highest BCUT2D eigenvalue weighted by molar-refractivity contribution is 7.27. The fraction of sp³-hybridized carbons (Fsp3) is 0. The van der Waals surface area contributed by atoms with E-state index >= 15 is 0 Å². The van der Waals surface area contributed by atoms with Crippen molar-refractivity contribution in [3.8, 4) is 56.4 Å². The number of fused-ring (bicyclic) bond motifs is 10. The fourth-order valence-electron chi connectivity index (χ4n) is 8.11. The van der Waals surface area contributed by atoms with Gasteiger partial charge in [-0.3, -0.25) is 0 Å². The lowest BCUT2D eigenvalue weighted by Gasteiger charge is -2.15. The van der Waals surface area contributed by atoms with Crippen LogP contribution in [0.5, 0.6) is 0 Å². The summed E-state index contributed by atoms with van der Waals surface area (Å²) in [6.45, 7) is 0. The molecule has 3 nitrogen and oxygen atoms in total. The summed E-state index contributed by atoms with van der Waals surface area (Å²) in [4.78, 5) is 15.3. The van der Waals surface area contributed by atoms with Crippen LogP contribution in [0.25, 0.3) is 109 Å². The zero-order chi connectivity index (χ0) is 36.3.